The van der Waals surface area contributed by atoms with E-state index in [-0.39, 0.29) is 18.4 Å². The van der Waals surface area contributed by atoms with E-state index < -0.39 is 0 Å². The van der Waals surface area contributed by atoms with E-state index in [0.717, 1.165) is 23.4 Å². The lowest BCUT2D eigenvalue weighted by atomic mass is 10.1. The second-order valence-corrected chi connectivity index (χ2v) is 7.18. The fourth-order valence-corrected chi connectivity index (χ4v) is 2.93. The van der Waals surface area contributed by atoms with Gasteiger partial charge in [0.15, 0.2) is 0 Å². The molecule has 0 aromatic heterocycles. The van der Waals surface area contributed by atoms with Gasteiger partial charge in [0.05, 0.1) is 13.2 Å². The number of hydrogen-bond donors (Lipinski definition) is 3. The van der Waals surface area contributed by atoms with Gasteiger partial charge < -0.3 is 20.7 Å². The molecule has 3 aromatic carbocycles. The van der Waals surface area contributed by atoms with Crippen molar-refractivity contribution >= 4 is 28.9 Å². The summed E-state index contributed by atoms with van der Waals surface area (Å²) in [5.74, 6) is 0.411. The Bertz CT molecular complexity index is 1030. The third-order valence-corrected chi connectivity index (χ3v) is 4.47. The Hall–Kier alpha value is -3.80. The van der Waals surface area contributed by atoms with Crippen LogP contribution in [-0.2, 0) is 4.79 Å². The summed E-state index contributed by atoms with van der Waals surface area (Å²) in [4.78, 5) is 24.6. The van der Waals surface area contributed by atoms with E-state index in [4.69, 9.17) is 4.74 Å². The second-order valence-electron chi connectivity index (χ2n) is 7.18. The molecule has 31 heavy (non-hydrogen) atoms. The first-order valence-corrected chi connectivity index (χ1v) is 10.3. The van der Waals surface area contributed by atoms with Gasteiger partial charge in [-0.3, -0.25) is 9.59 Å². The maximum absolute atomic E-state index is 12.3. The predicted octanol–water partition coefficient (Wildman–Crippen LogP) is 5.09. The van der Waals surface area contributed by atoms with Crippen LogP contribution in [0.1, 0.15) is 29.3 Å². The third kappa shape index (κ3) is 6.89. The number of ether oxygens (including phenoxy) is 1. The van der Waals surface area contributed by atoms with Crippen molar-refractivity contribution in [2.45, 2.75) is 20.3 Å². The minimum absolute atomic E-state index is 0.120. The van der Waals surface area contributed by atoms with E-state index in [1.807, 2.05) is 62.4 Å². The van der Waals surface area contributed by atoms with Crippen molar-refractivity contribution in [1.29, 1.82) is 0 Å². The number of benzene rings is 3. The summed E-state index contributed by atoms with van der Waals surface area (Å²) in [6.07, 6.45) is 0.925. The third-order valence-electron chi connectivity index (χ3n) is 4.47. The van der Waals surface area contributed by atoms with Crippen molar-refractivity contribution in [3.63, 3.8) is 0 Å². The Morgan fingerprint density at radius 1 is 0.839 bits per heavy atom. The highest BCUT2D eigenvalue weighted by atomic mass is 16.5. The number of rotatable bonds is 9. The largest absolute Gasteiger partial charge is 0.494 e. The standard InChI is InChI=1S/C25H27N3O3/c1-3-14-31-23-9-5-8-22(16-23)27-24(29)17-26-20-10-12-21(13-11-20)28-25(30)19-7-4-6-18(2)15-19/h4-13,15-16,26H,3,14,17H2,1-2H3,(H,27,29)(H,28,30). The smallest absolute Gasteiger partial charge is 0.255 e. The Balaban J connectivity index is 1.48. The number of carbonyl (C=O) groups is 2. The molecule has 2 amide bonds. The molecule has 6 nitrogen and oxygen atoms in total. The van der Waals surface area contributed by atoms with Gasteiger partial charge in [0.1, 0.15) is 5.75 Å². The maximum Gasteiger partial charge on any atom is 0.255 e. The molecule has 3 rings (SSSR count). The Kier molecular flexibility index (Phi) is 7.65. The van der Waals surface area contributed by atoms with E-state index in [9.17, 15) is 9.59 Å². The van der Waals surface area contributed by atoms with Crippen LogP contribution in [0.25, 0.3) is 0 Å². The lowest BCUT2D eigenvalue weighted by molar-refractivity contribution is -0.114. The van der Waals surface area contributed by atoms with E-state index in [2.05, 4.69) is 16.0 Å². The molecule has 0 atom stereocenters. The highest BCUT2D eigenvalue weighted by Crippen LogP contribution is 2.18. The number of nitrogens with one attached hydrogen (secondary N) is 3. The van der Waals surface area contributed by atoms with Crippen LogP contribution < -0.4 is 20.7 Å². The zero-order valence-corrected chi connectivity index (χ0v) is 17.8. The second kappa shape index (κ2) is 10.8. The molecule has 0 aliphatic heterocycles. The molecule has 6 heteroatoms. The van der Waals surface area contributed by atoms with Crippen LogP contribution in [0.15, 0.2) is 72.8 Å². The molecule has 0 saturated heterocycles. The Labute approximate surface area is 182 Å². The summed E-state index contributed by atoms with van der Waals surface area (Å²) in [5.41, 5.74) is 3.80. The molecule has 0 unspecified atom stereocenters. The van der Waals surface area contributed by atoms with Crippen molar-refractivity contribution < 1.29 is 14.3 Å². The topological polar surface area (TPSA) is 79.5 Å². The maximum atomic E-state index is 12.3. The minimum atomic E-state index is -0.163. The van der Waals surface area contributed by atoms with Gasteiger partial charge in [-0.1, -0.05) is 30.7 Å². The van der Waals surface area contributed by atoms with Crippen LogP contribution in [0.3, 0.4) is 0 Å². The first-order chi connectivity index (χ1) is 15.0. The highest BCUT2D eigenvalue weighted by Gasteiger charge is 2.07. The molecule has 0 heterocycles. The molecule has 0 radical (unpaired) electrons. The number of hydrogen-bond acceptors (Lipinski definition) is 4. The van der Waals surface area contributed by atoms with Crippen molar-refractivity contribution in [2.75, 3.05) is 29.1 Å². The van der Waals surface area contributed by atoms with Crippen LogP contribution >= 0.6 is 0 Å². The lowest BCUT2D eigenvalue weighted by Gasteiger charge is -2.11. The molecule has 0 saturated carbocycles. The molecule has 160 valence electrons. The van der Waals surface area contributed by atoms with Crippen LogP contribution in [0.2, 0.25) is 0 Å². The molecule has 3 N–H and O–H groups in total. The molecule has 0 spiro atoms. The van der Waals surface area contributed by atoms with Crippen molar-refractivity contribution in [3.05, 3.63) is 83.9 Å². The zero-order valence-electron chi connectivity index (χ0n) is 17.8. The Morgan fingerprint density at radius 2 is 1.58 bits per heavy atom. The number of amides is 2. The number of aryl methyl sites for hydroxylation is 1. The fourth-order valence-electron chi connectivity index (χ4n) is 2.93. The molecule has 3 aromatic rings. The van der Waals surface area contributed by atoms with Gasteiger partial charge in [-0.25, -0.2) is 0 Å². The molecule has 0 aliphatic rings. The van der Waals surface area contributed by atoms with Crippen LogP contribution in [0.5, 0.6) is 5.75 Å². The summed E-state index contributed by atoms with van der Waals surface area (Å²) in [6.45, 7) is 4.75. The number of anilines is 3. The van der Waals surface area contributed by atoms with Crippen LogP contribution in [0.4, 0.5) is 17.1 Å². The number of carbonyl (C=O) groups excluding carboxylic acids is 2. The minimum Gasteiger partial charge on any atom is -0.494 e. The van der Waals surface area contributed by atoms with Gasteiger partial charge in [0.2, 0.25) is 5.91 Å². The van der Waals surface area contributed by atoms with Gasteiger partial charge in [0, 0.05) is 28.7 Å². The summed E-state index contributed by atoms with van der Waals surface area (Å²) in [6, 6.07) is 22.0. The van der Waals surface area contributed by atoms with Crippen molar-refractivity contribution in [1.82, 2.24) is 0 Å². The summed E-state index contributed by atoms with van der Waals surface area (Å²) in [5, 5.41) is 8.80. The van der Waals surface area contributed by atoms with E-state index >= 15 is 0 Å². The Morgan fingerprint density at radius 3 is 2.32 bits per heavy atom. The monoisotopic (exact) mass is 417 g/mol. The van der Waals surface area contributed by atoms with Gasteiger partial charge in [0.25, 0.3) is 5.91 Å². The first kappa shape index (κ1) is 21.9. The van der Waals surface area contributed by atoms with Gasteiger partial charge in [-0.2, -0.15) is 0 Å². The molecular formula is C25H27N3O3. The van der Waals surface area contributed by atoms with Crippen LogP contribution in [-0.4, -0.2) is 25.0 Å². The summed E-state index contributed by atoms with van der Waals surface area (Å²) < 4.78 is 5.58. The van der Waals surface area contributed by atoms with E-state index in [0.29, 0.717) is 23.5 Å². The normalized spacial score (nSPS) is 10.3. The first-order valence-electron chi connectivity index (χ1n) is 10.3. The summed E-state index contributed by atoms with van der Waals surface area (Å²) >= 11 is 0. The van der Waals surface area contributed by atoms with E-state index in [1.54, 1.807) is 24.3 Å². The molecule has 0 aliphatic carbocycles. The lowest BCUT2D eigenvalue weighted by Crippen LogP contribution is -2.21. The molecule has 0 fully saturated rings. The van der Waals surface area contributed by atoms with Gasteiger partial charge in [-0.05, 0) is 61.9 Å². The average molecular weight is 418 g/mol. The average Bonchev–Trinajstić information content (AvgIpc) is 2.77. The van der Waals surface area contributed by atoms with Crippen molar-refractivity contribution in [2.24, 2.45) is 0 Å². The van der Waals surface area contributed by atoms with Gasteiger partial charge in [-0.15, -0.1) is 0 Å². The quantitative estimate of drug-likeness (QED) is 0.453. The van der Waals surface area contributed by atoms with Gasteiger partial charge >= 0.3 is 0 Å². The molecule has 0 bridgehead atoms. The van der Waals surface area contributed by atoms with Crippen molar-refractivity contribution in [3.8, 4) is 5.75 Å². The van der Waals surface area contributed by atoms with Crippen LogP contribution in [0, 0.1) is 6.92 Å². The van der Waals surface area contributed by atoms with E-state index in [1.165, 1.54) is 0 Å². The highest BCUT2D eigenvalue weighted by molar-refractivity contribution is 6.04. The zero-order chi connectivity index (χ0) is 22.1. The fraction of sp³-hybridized carbons (Fsp3) is 0.200. The SMILES string of the molecule is CCCOc1cccc(NC(=O)CNc2ccc(NC(=O)c3cccc(C)c3)cc2)c1. The summed E-state index contributed by atoms with van der Waals surface area (Å²) in [7, 11) is 0. The predicted molar refractivity (Wildman–Crippen MR) is 125 cm³/mol. The molecular weight excluding hydrogens is 390 g/mol.